The number of nitrogens with one attached hydrogen (secondary N) is 2. The van der Waals surface area contributed by atoms with Gasteiger partial charge in [-0.15, -0.1) is 0 Å². The van der Waals surface area contributed by atoms with Crippen molar-refractivity contribution in [2.45, 2.75) is 46.6 Å². The van der Waals surface area contributed by atoms with Crippen LogP contribution in [-0.4, -0.2) is 46.9 Å². The molecular formula is C21H35N5O. The zero-order valence-electron chi connectivity index (χ0n) is 17.0. The molecule has 1 atom stereocenters. The maximum Gasteiger partial charge on any atom is 0.191 e. The molecule has 1 aromatic carbocycles. The van der Waals surface area contributed by atoms with Gasteiger partial charge in [-0.1, -0.05) is 26.0 Å². The molecule has 0 aliphatic rings. The molecule has 0 radical (unpaired) electrons. The predicted molar refractivity (Wildman–Crippen MR) is 113 cm³/mol. The summed E-state index contributed by atoms with van der Waals surface area (Å²) in [5.41, 5.74) is 2.22. The van der Waals surface area contributed by atoms with Crippen molar-refractivity contribution in [3.05, 3.63) is 30.6 Å². The summed E-state index contributed by atoms with van der Waals surface area (Å²) < 4.78 is 2.20. The number of fused-ring (bicyclic) bond motifs is 1. The molecule has 150 valence electrons. The van der Waals surface area contributed by atoms with Crippen molar-refractivity contribution in [2.24, 2.45) is 16.8 Å². The molecule has 0 bridgehead atoms. The van der Waals surface area contributed by atoms with Gasteiger partial charge in [0.15, 0.2) is 5.96 Å². The van der Waals surface area contributed by atoms with Crippen LogP contribution in [0.5, 0.6) is 0 Å². The van der Waals surface area contributed by atoms with E-state index in [1.165, 1.54) is 5.52 Å². The quantitative estimate of drug-likeness (QED) is 0.322. The highest BCUT2D eigenvalue weighted by Crippen LogP contribution is 2.15. The Morgan fingerprint density at radius 1 is 1.26 bits per heavy atom. The number of hydrogen-bond acceptors (Lipinski definition) is 3. The van der Waals surface area contributed by atoms with Gasteiger partial charge in [0.1, 0.15) is 0 Å². The maximum absolute atomic E-state index is 9.27. The molecule has 0 aliphatic carbocycles. The first-order valence-corrected chi connectivity index (χ1v) is 10.2. The standard InChI is InChI=1S/C21H35N5O/c1-4-22-21(24-15-18(10-13-27)14-17(2)3)23-11-7-12-26-16-25-19-8-5-6-9-20(19)26/h5-6,8-9,16-18,27H,4,7,10-15H2,1-3H3,(H2,22,23,24). The SMILES string of the molecule is CCNC(=NCC(CCO)CC(C)C)NCCCn1cnc2ccccc21. The Morgan fingerprint density at radius 2 is 2.07 bits per heavy atom. The number of aliphatic hydroxyl groups is 1. The third-order valence-electron chi connectivity index (χ3n) is 4.59. The van der Waals surface area contributed by atoms with E-state index >= 15 is 0 Å². The van der Waals surface area contributed by atoms with E-state index in [4.69, 9.17) is 4.99 Å². The Hall–Kier alpha value is -2.08. The second kappa shape index (κ2) is 11.6. The van der Waals surface area contributed by atoms with Crippen LogP contribution in [0.3, 0.4) is 0 Å². The second-order valence-corrected chi connectivity index (χ2v) is 7.43. The molecule has 0 saturated heterocycles. The van der Waals surface area contributed by atoms with Crippen LogP contribution in [0.25, 0.3) is 11.0 Å². The Balaban J connectivity index is 1.82. The van der Waals surface area contributed by atoms with E-state index in [-0.39, 0.29) is 6.61 Å². The molecule has 1 heterocycles. The third kappa shape index (κ3) is 7.21. The van der Waals surface area contributed by atoms with E-state index in [0.717, 1.165) is 56.9 Å². The smallest absolute Gasteiger partial charge is 0.191 e. The Bertz CT molecular complexity index is 695. The van der Waals surface area contributed by atoms with Crippen molar-refractivity contribution in [3.63, 3.8) is 0 Å². The van der Waals surface area contributed by atoms with Crippen molar-refractivity contribution >= 4 is 17.0 Å². The molecule has 2 aromatic rings. The van der Waals surface area contributed by atoms with Gasteiger partial charge in [-0.2, -0.15) is 0 Å². The van der Waals surface area contributed by atoms with Crippen LogP contribution >= 0.6 is 0 Å². The van der Waals surface area contributed by atoms with Crippen molar-refractivity contribution in [3.8, 4) is 0 Å². The van der Waals surface area contributed by atoms with Crippen LogP contribution in [0.4, 0.5) is 0 Å². The summed E-state index contributed by atoms with van der Waals surface area (Å²) in [6, 6.07) is 8.22. The van der Waals surface area contributed by atoms with Gasteiger partial charge in [-0.05, 0) is 50.2 Å². The molecule has 0 aliphatic heterocycles. The van der Waals surface area contributed by atoms with Gasteiger partial charge in [-0.3, -0.25) is 4.99 Å². The molecule has 27 heavy (non-hydrogen) atoms. The summed E-state index contributed by atoms with van der Waals surface area (Å²) in [6.45, 7) is 10.1. The Kier molecular flexibility index (Phi) is 9.11. The van der Waals surface area contributed by atoms with Crippen LogP contribution in [0.1, 0.15) is 40.0 Å². The number of para-hydroxylation sites is 2. The minimum atomic E-state index is 0.232. The van der Waals surface area contributed by atoms with E-state index in [2.05, 4.69) is 53.1 Å². The zero-order chi connectivity index (χ0) is 19.5. The van der Waals surface area contributed by atoms with Crippen LogP contribution in [0.2, 0.25) is 0 Å². The van der Waals surface area contributed by atoms with E-state index < -0.39 is 0 Å². The second-order valence-electron chi connectivity index (χ2n) is 7.43. The highest BCUT2D eigenvalue weighted by Gasteiger charge is 2.10. The molecule has 2 rings (SSSR count). The molecule has 3 N–H and O–H groups in total. The summed E-state index contributed by atoms with van der Waals surface area (Å²) in [4.78, 5) is 9.17. The Labute approximate surface area is 163 Å². The first kappa shape index (κ1) is 21.2. The average molecular weight is 374 g/mol. The minimum absolute atomic E-state index is 0.232. The van der Waals surface area contributed by atoms with Gasteiger partial charge in [-0.25, -0.2) is 4.98 Å². The summed E-state index contributed by atoms with van der Waals surface area (Å²) in [7, 11) is 0. The molecule has 6 nitrogen and oxygen atoms in total. The molecule has 0 fully saturated rings. The molecule has 1 unspecified atom stereocenters. The summed E-state index contributed by atoms with van der Waals surface area (Å²) in [5.74, 6) is 1.92. The summed E-state index contributed by atoms with van der Waals surface area (Å²) in [5, 5.41) is 16.0. The highest BCUT2D eigenvalue weighted by atomic mass is 16.3. The number of nitrogens with zero attached hydrogens (tertiary/aromatic N) is 3. The lowest BCUT2D eigenvalue weighted by Gasteiger charge is -2.17. The summed E-state index contributed by atoms with van der Waals surface area (Å²) >= 11 is 0. The fraction of sp³-hybridized carbons (Fsp3) is 0.619. The van der Waals surface area contributed by atoms with Crippen LogP contribution in [0, 0.1) is 11.8 Å². The molecule has 0 saturated carbocycles. The lowest BCUT2D eigenvalue weighted by molar-refractivity contribution is 0.245. The third-order valence-corrected chi connectivity index (χ3v) is 4.59. The monoisotopic (exact) mass is 373 g/mol. The van der Waals surface area contributed by atoms with E-state index in [0.29, 0.717) is 11.8 Å². The van der Waals surface area contributed by atoms with Gasteiger partial charge >= 0.3 is 0 Å². The topological polar surface area (TPSA) is 74.5 Å². The van der Waals surface area contributed by atoms with Gasteiger partial charge in [0.05, 0.1) is 17.4 Å². The zero-order valence-corrected chi connectivity index (χ0v) is 17.0. The van der Waals surface area contributed by atoms with Gasteiger partial charge < -0.3 is 20.3 Å². The van der Waals surface area contributed by atoms with Crippen LogP contribution in [0.15, 0.2) is 35.6 Å². The van der Waals surface area contributed by atoms with Crippen molar-refractivity contribution in [1.29, 1.82) is 0 Å². The molecule has 0 amide bonds. The van der Waals surface area contributed by atoms with Crippen LogP contribution < -0.4 is 10.6 Å². The summed E-state index contributed by atoms with van der Waals surface area (Å²) in [6.07, 6.45) is 4.82. The first-order valence-electron chi connectivity index (χ1n) is 10.2. The number of rotatable bonds is 11. The van der Waals surface area contributed by atoms with Gasteiger partial charge in [0, 0.05) is 32.8 Å². The highest BCUT2D eigenvalue weighted by molar-refractivity contribution is 5.79. The van der Waals surface area contributed by atoms with E-state index in [9.17, 15) is 5.11 Å². The number of imidazole rings is 1. The predicted octanol–water partition coefficient (Wildman–Crippen LogP) is 3.03. The van der Waals surface area contributed by atoms with Crippen molar-refractivity contribution in [2.75, 3.05) is 26.2 Å². The lowest BCUT2D eigenvalue weighted by Crippen LogP contribution is -2.38. The number of benzene rings is 1. The van der Waals surface area contributed by atoms with Gasteiger partial charge in [0.2, 0.25) is 0 Å². The fourth-order valence-corrected chi connectivity index (χ4v) is 3.34. The molecular weight excluding hydrogens is 338 g/mol. The first-order chi connectivity index (χ1) is 13.1. The average Bonchev–Trinajstić information content (AvgIpc) is 3.06. The van der Waals surface area contributed by atoms with Crippen molar-refractivity contribution < 1.29 is 5.11 Å². The Morgan fingerprint density at radius 3 is 2.81 bits per heavy atom. The van der Waals surface area contributed by atoms with Crippen molar-refractivity contribution in [1.82, 2.24) is 20.2 Å². The van der Waals surface area contributed by atoms with Crippen LogP contribution in [-0.2, 0) is 6.54 Å². The maximum atomic E-state index is 9.27. The lowest BCUT2D eigenvalue weighted by atomic mass is 9.94. The molecule has 0 spiro atoms. The normalized spacial score (nSPS) is 13.3. The number of aromatic nitrogens is 2. The number of guanidine groups is 1. The number of aliphatic hydroxyl groups excluding tert-OH is 1. The van der Waals surface area contributed by atoms with Gasteiger partial charge in [0.25, 0.3) is 0 Å². The minimum Gasteiger partial charge on any atom is -0.396 e. The van der Waals surface area contributed by atoms with E-state index in [1.54, 1.807) is 0 Å². The molecule has 6 heteroatoms. The fourth-order valence-electron chi connectivity index (χ4n) is 3.34. The largest absolute Gasteiger partial charge is 0.396 e. The molecule has 1 aromatic heterocycles. The van der Waals surface area contributed by atoms with E-state index in [1.807, 2.05) is 18.5 Å². The number of aryl methyl sites for hydroxylation is 1. The number of aliphatic imine (C=N–C) groups is 1. The number of hydrogen-bond donors (Lipinski definition) is 3.